The monoisotopic (exact) mass is 654 g/mol. The number of methoxy groups -OCH3 is 1. The lowest BCUT2D eigenvalue weighted by molar-refractivity contribution is -0.192. The Hall–Kier alpha value is -4.83. The first-order valence-electron chi connectivity index (χ1n) is 12.5. The van der Waals surface area contributed by atoms with E-state index >= 15 is 0 Å². The fourth-order valence-corrected chi connectivity index (χ4v) is 4.67. The number of alkyl halides is 3. The summed E-state index contributed by atoms with van der Waals surface area (Å²) in [7, 11) is 1.56. The first-order chi connectivity index (χ1) is 20.8. The number of aromatic nitrogens is 6. The number of amides is 1. The lowest BCUT2D eigenvalue weighted by Crippen LogP contribution is -2.27. The van der Waals surface area contributed by atoms with E-state index in [1.54, 1.807) is 50.8 Å². The largest absolute Gasteiger partial charge is 0.495 e. The number of benzene rings is 1. The van der Waals surface area contributed by atoms with Crippen LogP contribution in [-0.2, 0) is 4.79 Å². The molecule has 0 spiro atoms. The van der Waals surface area contributed by atoms with Gasteiger partial charge in [0, 0.05) is 23.5 Å². The van der Waals surface area contributed by atoms with Crippen molar-refractivity contribution in [1.29, 1.82) is 0 Å². The Kier molecular flexibility index (Phi) is 9.34. The van der Waals surface area contributed by atoms with Crippen molar-refractivity contribution >= 4 is 57.4 Å². The maximum absolute atomic E-state index is 13.5. The van der Waals surface area contributed by atoms with Gasteiger partial charge in [-0.05, 0) is 32.0 Å². The molecule has 232 valence electrons. The molecular weight excluding hydrogens is 632 g/mol. The Morgan fingerprint density at radius 1 is 1.25 bits per heavy atom. The van der Waals surface area contributed by atoms with Crippen LogP contribution in [0, 0.1) is 0 Å². The number of nitrogen functional groups attached to an aromatic ring is 1. The van der Waals surface area contributed by atoms with Crippen LogP contribution in [0.1, 0.15) is 35.8 Å². The van der Waals surface area contributed by atoms with Crippen LogP contribution < -0.4 is 20.5 Å². The highest BCUT2D eigenvalue weighted by Gasteiger charge is 2.38. The van der Waals surface area contributed by atoms with E-state index in [0.29, 0.717) is 56.5 Å². The van der Waals surface area contributed by atoms with Crippen molar-refractivity contribution in [2.75, 3.05) is 19.5 Å². The number of fused-ring (bicyclic) bond motifs is 2. The molecular formula is C26H23Cl2F3N8O5. The van der Waals surface area contributed by atoms with Gasteiger partial charge < -0.3 is 25.6 Å². The minimum absolute atomic E-state index is 0.0389. The average molecular weight is 655 g/mol. The van der Waals surface area contributed by atoms with Crippen molar-refractivity contribution in [3.05, 3.63) is 58.1 Å². The maximum Gasteiger partial charge on any atom is 0.490 e. The Labute approximate surface area is 256 Å². The number of aliphatic carboxylic acids is 1. The number of H-pyrrole nitrogens is 1. The lowest BCUT2D eigenvalue weighted by atomic mass is 10.0. The van der Waals surface area contributed by atoms with Gasteiger partial charge >= 0.3 is 12.1 Å². The van der Waals surface area contributed by atoms with Crippen molar-refractivity contribution in [1.82, 2.24) is 35.1 Å². The highest BCUT2D eigenvalue weighted by Crippen LogP contribution is 2.40. The normalized spacial score (nSPS) is 12.0. The van der Waals surface area contributed by atoms with Crippen LogP contribution in [0.5, 0.6) is 11.5 Å². The van der Waals surface area contributed by atoms with Crippen LogP contribution in [0.15, 0.2) is 36.8 Å². The van der Waals surface area contributed by atoms with Gasteiger partial charge in [0.05, 0.1) is 42.1 Å². The molecule has 0 aliphatic rings. The average Bonchev–Trinajstić information content (AvgIpc) is 3.53. The maximum atomic E-state index is 13.5. The van der Waals surface area contributed by atoms with Crippen LogP contribution in [0.3, 0.4) is 0 Å². The van der Waals surface area contributed by atoms with Gasteiger partial charge in [0.25, 0.3) is 5.91 Å². The van der Waals surface area contributed by atoms with Crippen molar-refractivity contribution in [2.24, 2.45) is 0 Å². The third kappa shape index (κ3) is 6.55. The van der Waals surface area contributed by atoms with Gasteiger partial charge in [-0.2, -0.15) is 18.3 Å². The number of hydrogen-bond donors (Lipinski definition) is 4. The Morgan fingerprint density at radius 2 is 1.95 bits per heavy atom. The number of carbonyl (C=O) groups is 2. The molecule has 4 heterocycles. The molecule has 1 amide bonds. The number of carbonyl (C=O) groups excluding carboxylic acids is 1. The summed E-state index contributed by atoms with van der Waals surface area (Å²) in [6, 6.07) is 4.72. The highest BCUT2D eigenvalue weighted by molar-refractivity contribution is 6.41. The second kappa shape index (κ2) is 12.8. The number of halogens is 5. The number of aromatic amines is 1. The molecule has 0 saturated carbocycles. The molecule has 5 rings (SSSR count). The molecule has 13 nitrogen and oxygen atoms in total. The molecule has 0 radical (unpaired) electrons. The van der Waals surface area contributed by atoms with E-state index in [9.17, 15) is 18.0 Å². The van der Waals surface area contributed by atoms with E-state index in [0.717, 1.165) is 0 Å². The number of ether oxygens (including phenoxy) is 2. The predicted molar refractivity (Wildman–Crippen MR) is 154 cm³/mol. The number of carboxylic acids is 1. The zero-order valence-corrected chi connectivity index (χ0v) is 24.5. The third-order valence-electron chi connectivity index (χ3n) is 6.06. The lowest BCUT2D eigenvalue weighted by Gasteiger charge is -2.19. The number of anilines is 1. The molecule has 0 aliphatic heterocycles. The molecule has 4 aromatic heterocycles. The Morgan fingerprint density at radius 3 is 2.59 bits per heavy atom. The molecule has 5 aromatic rings. The summed E-state index contributed by atoms with van der Waals surface area (Å²) in [6.45, 7) is 4.04. The van der Waals surface area contributed by atoms with Gasteiger partial charge in [0.15, 0.2) is 16.6 Å². The predicted octanol–water partition coefficient (Wildman–Crippen LogP) is 5.09. The van der Waals surface area contributed by atoms with Gasteiger partial charge in [-0.1, -0.05) is 23.2 Å². The van der Waals surface area contributed by atoms with Crippen molar-refractivity contribution in [3.8, 4) is 22.8 Å². The zero-order chi connectivity index (χ0) is 32.3. The highest BCUT2D eigenvalue weighted by atomic mass is 35.5. The minimum Gasteiger partial charge on any atom is -0.495 e. The molecule has 18 heteroatoms. The smallest absolute Gasteiger partial charge is 0.490 e. The van der Waals surface area contributed by atoms with Gasteiger partial charge in [0.1, 0.15) is 22.6 Å². The van der Waals surface area contributed by atoms with Crippen LogP contribution in [0.25, 0.3) is 27.8 Å². The molecule has 0 bridgehead atoms. The van der Waals surface area contributed by atoms with E-state index in [1.807, 2.05) is 6.92 Å². The number of rotatable bonds is 7. The first-order valence-corrected chi connectivity index (χ1v) is 13.3. The quantitative estimate of drug-likeness (QED) is 0.184. The van der Waals surface area contributed by atoms with E-state index in [1.165, 1.54) is 4.52 Å². The second-order valence-electron chi connectivity index (χ2n) is 8.93. The van der Waals surface area contributed by atoms with Gasteiger partial charge in [-0.25, -0.2) is 14.3 Å². The van der Waals surface area contributed by atoms with Crippen LogP contribution in [0.4, 0.5) is 19.0 Å². The summed E-state index contributed by atoms with van der Waals surface area (Å²) in [4.78, 5) is 31.2. The standard InChI is InChI=1S/C24H22Cl2N8O3.C2HF3O2/c1-4-37-20-14(8-15(25)17-19(20)31-32-21(17)26)11(2)29-24(35)18-22(27)33-34-6-5-16(30-23(18)34)12-7-13(36-3)10-28-9-12;3-2(4,5)1(6)7/h5-11H,4H2,1-3H3,(H2,27,33)(H,29,35)(H,31,32);(H,6,7). The van der Waals surface area contributed by atoms with Crippen LogP contribution >= 0.6 is 23.2 Å². The molecule has 1 unspecified atom stereocenters. The van der Waals surface area contributed by atoms with E-state index < -0.39 is 24.1 Å². The fourth-order valence-electron chi connectivity index (χ4n) is 4.08. The molecule has 0 saturated heterocycles. The van der Waals surface area contributed by atoms with Crippen molar-refractivity contribution < 1.29 is 37.3 Å². The molecule has 5 N–H and O–H groups in total. The summed E-state index contributed by atoms with van der Waals surface area (Å²) in [5.74, 6) is -2.11. The Bertz CT molecular complexity index is 1860. The fraction of sp³-hybridized carbons (Fsp3) is 0.231. The molecule has 1 atom stereocenters. The summed E-state index contributed by atoms with van der Waals surface area (Å²) in [5.41, 5.74) is 9.05. The van der Waals surface area contributed by atoms with Crippen LogP contribution in [-0.4, -0.2) is 66.7 Å². The number of nitrogens with zero attached hydrogens (tertiary/aromatic N) is 5. The van der Waals surface area contributed by atoms with Crippen molar-refractivity contribution in [2.45, 2.75) is 26.1 Å². The molecule has 44 heavy (non-hydrogen) atoms. The second-order valence-corrected chi connectivity index (χ2v) is 9.69. The zero-order valence-electron chi connectivity index (χ0n) is 23.0. The van der Waals surface area contributed by atoms with Gasteiger partial charge in [-0.15, -0.1) is 5.10 Å². The first kappa shape index (κ1) is 32.1. The van der Waals surface area contributed by atoms with Crippen LogP contribution in [0.2, 0.25) is 10.2 Å². The van der Waals surface area contributed by atoms with E-state index in [-0.39, 0.29) is 16.5 Å². The summed E-state index contributed by atoms with van der Waals surface area (Å²) in [5, 5.41) is 22.4. The molecule has 1 aromatic carbocycles. The number of pyridine rings is 1. The van der Waals surface area contributed by atoms with E-state index in [2.05, 4.69) is 30.6 Å². The molecule has 0 aliphatic carbocycles. The molecule has 0 fully saturated rings. The SMILES string of the molecule is CCOc1c(C(C)NC(=O)c2c(N)nn3ccc(-c4cncc(OC)c4)nc23)cc(Cl)c2c(Cl)n[nH]c12.O=C(O)C(F)(F)F. The summed E-state index contributed by atoms with van der Waals surface area (Å²) < 4.78 is 44.3. The van der Waals surface area contributed by atoms with Crippen molar-refractivity contribution in [3.63, 3.8) is 0 Å². The van der Waals surface area contributed by atoms with E-state index in [4.69, 9.17) is 48.3 Å². The minimum atomic E-state index is -5.08. The number of hydrogen-bond acceptors (Lipinski definition) is 9. The Balaban J connectivity index is 0.000000566. The van der Waals surface area contributed by atoms with Gasteiger partial charge in [0.2, 0.25) is 0 Å². The number of carboxylic acid groups (broad SMARTS) is 1. The third-order valence-corrected chi connectivity index (χ3v) is 6.63. The number of nitrogens with one attached hydrogen (secondary N) is 2. The number of nitrogens with two attached hydrogens (primary N) is 1. The summed E-state index contributed by atoms with van der Waals surface area (Å²) >= 11 is 12.7. The summed E-state index contributed by atoms with van der Waals surface area (Å²) in [6.07, 6.45) is -0.160. The topological polar surface area (TPSA) is 183 Å². The van der Waals surface area contributed by atoms with Gasteiger partial charge in [-0.3, -0.25) is 14.9 Å².